The molecule has 134 valence electrons. The molecule has 1 amide bonds. The molecule has 1 heterocycles. The number of aliphatic hydroxyl groups is 1. The van der Waals surface area contributed by atoms with Crippen molar-refractivity contribution >= 4 is 6.09 Å². The van der Waals surface area contributed by atoms with Crippen LogP contribution >= 0.6 is 0 Å². The summed E-state index contributed by atoms with van der Waals surface area (Å²) < 4.78 is 5.33. The number of benzene rings is 1. The number of piperidine rings is 1. The Morgan fingerprint density at radius 1 is 1.33 bits per heavy atom. The van der Waals surface area contributed by atoms with Crippen LogP contribution < -0.4 is 5.32 Å². The molecule has 1 saturated heterocycles. The normalized spacial score (nSPS) is 21.4. The first-order valence-electron chi connectivity index (χ1n) is 9.01. The van der Waals surface area contributed by atoms with Crippen LogP contribution in [-0.2, 0) is 11.3 Å². The Balaban J connectivity index is 1.80. The van der Waals surface area contributed by atoms with Crippen LogP contribution in [0.15, 0.2) is 30.3 Å². The quantitative estimate of drug-likeness (QED) is 0.767. The van der Waals surface area contributed by atoms with Gasteiger partial charge in [-0.25, -0.2) is 4.79 Å². The van der Waals surface area contributed by atoms with Crippen molar-refractivity contribution in [3.63, 3.8) is 0 Å². The Hall–Kier alpha value is -1.59. The summed E-state index contributed by atoms with van der Waals surface area (Å²) in [5.74, 6) is 0.525. The summed E-state index contributed by atoms with van der Waals surface area (Å²) >= 11 is 0. The predicted molar refractivity (Wildman–Crippen MR) is 94.7 cm³/mol. The molecule has 0 aromatic heterocycles. The van der Waals surface area contributed by atoms with E-state index in [1.807, 2.05) is 30.3 Å². The fourth-order valence-electron chi connectivity index (χ4n) is 3.43. The average molecular weight is 334 g/mol. The standard InChI is InChI=1S/C19H30N2O3/c1-2-10-21-13-17(9-6-11-22)12-18(14-21)20-19(23)24-15-16-7-4-3-5-8-16/h3-5,7-8,17-18,22H,2,6,9-15H2,1H3,(H,20,23). The highest BCUT2D eigenvalue weighted by Crippen LogP contribution is 2.21. The van der Waals surface area contributed by atoms with Crippen LogP contribution in [-0.4, -0.2) is 48.4 Å². The van der Waals surface area contributed by atoms with E-state index in [0.29, 0.717) is 12.5 Å². The molecule has 2 unspecified atom stereocenters. The first kappa shape index (κ1) is 18.7. The molecule has 1 fully saturated rings. The molecule has 1 aromatic carbocycles. The van der Waals surface area contributed by atoms with Crippen molar-refractivity contribution in [1.29, 1.82) is 0 Å². The molecule has 2 atom stereocenters. The van der Waals surface area contributed by atoms with E-state index in [2.05, 4.69) is 17.1 Å². The maximum atomic E-state index is 12.1. The summed E-state index contributed by atoms with van der Waals surface area (Å²) in [6.07, 6.45) is 3.56. The minimum Gasteiger partial charge on any atom is -0.445 e. The number of amides is 1. The second kappa shape index (κ2) is 10.3. The van der Waals surface area contributed by atoms with Gasteiger partial charge in [0.2, 0.25) is 0 Å². The van der Waals surface area contributed by atoms with Gasteiger partial charge in [0.25, 0.3) is 0 Å². The van der Waals surface area contributed by atoms with Crippen LogP contribution in [0.25, 0.3) is 0 Å². The van der Waals surface area contributed by atoms with Gasteiger partial charge in [-0.1, -0.05) is 37.3 Å². The van der Waals surface area contributed by atoms with Crippen molar-refractivity contribution < 1.29 is 14.6 Å². The van der Waals surface area contributed by atoms with Gasteiger partial charge in [0.1, 0.15) is 6.61 Å². The van der Waals surface area contributed by atoms with Gasteiger partial charge in [-0.2, -0.15) is 0 Å². The molecule has 5 heteroatoms. The lowest BCUT2D eigenvalue weighted by atomic mass is 9.90. The van der Waals surface area contributed by atoms with E-state index in [0.717, 1.165) is 50.9 Å². The Labute approximate surface area is 145 Å². The summed E-state index contributed by atoms with van der Waals surface area (Å²) in [5, 5.41) is 12.1. The van der Waals surface area contributed by atoms with Crippen molar-refractivity contribution in [1.82, 2.24) is 10.2 Å². The van der Waals surface area contributed by atoms with Crippen molar-refractivity contribution in [2.75, 3.05) is 26.2 Å². The number of alkyl carbamates (subject to hydrolysis) is 1. The average Bonchev–Trinajstić information content (AvgIpc) is 2.59. The van der Waals surface area contributed by atoms with E-state index < -0.39 is 0 Å². The zero-order valence-electron chi connectivity index (χ0n) is 14.6. The first-order valence-corrected chi connectivity index (χ1v) is 9.01. The second-order valence-electron chi connectivity index (χ2n) is 6.63. The van der Waals surface area contributed by atoms with Gasteiger partial charge < -0.3 is 20.1 Å². The second-order valence-corrected chi connectivity index (χ2v) is 6.63. The molecule has 1 aliphatic heterocycles. The SMILES string of the molecule is CCCN1CC(CCCO)CC(NC(=O)OCc2ccccc2)C1. The zero-order chi connectivity index (χ0) is 17.2. The number of rotatable bonds is 8. The van der Waals surface area contributed by atoms with Gasteiger partial charge in [-0.3, -0.25) is 0 Å². The van der Waals surface area contributed by atoms with Crippen LogP contribution in [0.2, 0.25) is 0 Å². The maximum Gasteiger partial charge on any atom is 0.407 e. The van der Waals surface area contributed by atoms with E-state index >= 15 is 0 Å². The van der Waals surface area contributed by atoms with Crippen molar-refractivity contribution in [2.24, 2.45) is 5.92 Å². The Morgan fingerprint density at radius 2 is 2.12 bits per heavy atom. The highest BCUT2D eigenvalue weighted by atomic mass is 16.5. The van der Waals surface area contributed by atoms with Gasteiger partial charge in [0.05, 0.1) is 0 Å². The summed E-state index contributed by atoms with van der Waals surface area (Å²) in [5.41, 5.74) is 0.990. The highest BCUT2D eigenvalue weighted by molar-refractivity contribution is 5.67. The van der Waals surface area contributed by atoms with Gasteiger partial charge in [-0.05, 0) is 43.7 Å². The number of aliphatic hydroxyl groups excluding tert-OH is 1. The molecule has 0 aliphatic carbocycles. The minimum absolute atomic E-state index is 0.122. The molecule has 1 aliphatic rings. The Morgan fingerprint density at radius 3 is 2.83 bits per heavy atom. The van der Waals surface area contributed by atoms with Crippen molar-refractivity contribution in [3.05, 3.63) is 35.9 Å². The number of ether oxygens (including phenoxy) is 1. The third-order valence-electron chi connectivity index (χ3n) is 4.46. The van der Waals surface area contributed by atoms with E-state index in [9.17, 15) is 4.79 Å². The fraction of sp³-hybridized carbons (Fsp3) is 0.632. The number of carbonyl (C=O) groups excluding carboxylic acids is 1. The molecular weight excluding hydrogens is 304 g/mol. The van der Waals surface area contributed by atoms with Crippen LogP contribution in [0.5, 0.6) is 0 Å². The zero-order valence-corrected chi connectivity index (χ0v) is 14.6. The molecule has 2 rings (SSSR count). The first-order chi connectivity index (χ1) is 11.7. The smallest absolute Gasteiger partial charge is 0.407 e. The third kappa shape index (κ3) is 6.49. The number of hydrogen-bond acceptors (Lipinski definition) is 4. The van der Waals surface area contributed by atoms with Crippen molar-refractivity contribution in [2.45, 2.75) is 45.3 Å². The minimum atomic E-state index is -0.344. The van der Waals surface area contributed by atoms with E-state index in [1.54, 1.807) is 0 Å². The number of nitrogens with one attached hydrogen (secondary N) is 1. The summed E-state index contributed by atoms with van der Waals surface area (Å²) in [7, 11) is 0. The fourth-order valence-corrected chi connectivity index (χ4v) is 3.43. The largest absolute Gasteiger partial charge is 0.445 e. The molecule has 0 radical (unpaired) electrons. The van der Waals surface area contributed by atoms with Gasteiger partial charge >= 0.3 is 6.09 Å². The molecule has 5 nitrogen and oxygen atoms in total. The van der Waals surface area contributed by atoms with Crippen LogP contribution in [0.1, 0.15) is 38.2 Å². The van der Waals surface area contributed by atoms with E-state index in [-0.39, 0.29) is 18.7 Å². The molecule has 0 bridgehead atoms. The van der Waals surface area contributed by atoms with Gasteiger partial charge in [0, 0.05) is 25.7 Å². The van der Waals surface area contributed by atoms with Crippen LogP contribution in [0.4, 0.5) is 4.79 Å². The number of likely N-dealkylation sites (tertiary alicyclic amines) is 1. The Kier molecular flexibility index (Phi) is 8.05. The summed E-state index contributed by atoms with van der Waals surface area (Å²) in [6.45, 7) is 5.70. The van der Waals surface area contributed by atoms with E-state index in [1.165, 1.54) is 0 Å². The topological polar surface area (TPSA) is 61.8 Å². The molecule has 0 saturated carbocycles. The predicted octanol–water partition coefficient (Wildman–Crippen LogP) is 2.79. The number of hydrogen-bond donors (Lipinski definition) is 2. The lowest BCUT2D eigenvalue weighted by Crippen LogP contribution is -2.51. The molecule has 2 N–H and O–H groups in total. The van der Waals surface area contributed by atoms with Crippen molar-refractivity contribution in [3.8, 4) is 0 Å². The van der Waals surface area contributed by atoms with Gasteiger partial charge in [-0.15, -0.1) is 0 Å². The molecule has 24 heavy (non-hydrogen) atoms. The Bertz CT molecular complexity index is 481. The lowest BCUT2D eigenvalue weighted by Gasteiger charge is -2.37. The number of nitrogens with zero attached hydrogens (tertiary/aromatic N) is 1. The monoisotopic (exact) mass is 334 g/mol. The van der Waals surface area contributed by atoms with Crippen LogP contribution in [0, 0.1) is 5.92 Å². The molecular formula is C19H30N2O3. The molecule has 0 spiro atoms. The van der Waals surface area contributed by atoms with Gasteiger partial charge in [0.15, 0.2) is 0 Å². The number of carbonyl (C=O) groups is 1. The third-order valence-corrected chi connectivity index (χ3v) is 4.46. The van der Waals surface area contributed by atoms with E-state index in [4.69, 9.17) is 9.84 Å². The molecule has 1 aromatic rings. The maximum absolute atomic E-state index is 12.1. The highest BCUT2D eigenvalue weighted by Gasteiger charge is 2.27. The summed E-state index contributed by atoms with van der Waals surface area (Å²) in [4.78, 5) is 14.5. The lowest BCUT2D eigenvalue weighted by molar-refractivity contribution is 0.106. The summed E-state index contributed by atoms with van der Waals surface area (Å²) in [6, 6.07) is 9.83. The van der Waals surface area contributed by atoms with Crippen LogP contribution in [0.3, 0.4) is 0 Å².